The van der Waals surface area contributed by atoms with Gasteiger partial charge in [-0.3, -0.25) is 5.10 Å². The number of likely N-dealkylation sites (N-methyl/N-ethyl adjacent to an activating group) is 1. The number of piperazine rings is 1. The Morgan fingerprint density at radius 3 is 2.67 bits per heavy atom. The maximum Gasteiger partial charge on any atom is 0.320 e. The lowest BCUT2D eigenvalue weighted by atomic mass is 9.96. The van der Waals surface area contributed by atoms with Crippen LogP contribution in [0.3, 0.4) is 0 Å². The first-order chi connectivity index (χ1) is 17.4. The fourth-order valence-electron chi connectivity index (χ4n) is 5.11. The van der Waals surface area contributed by atoms with Crippen molar-refractivity contribution in [2.24, 2.45) is 0 Å². The third-order valence-corrected chi connectivity index (χ3v) is 7.25. The molecule has 1 saturated heterocycles. The second-order valence-corrected chi connectivity index (χ2v) is 9.59. The van der Waals surface area contributed by atoms with Gasteiger partial charge in [0.1, 0.15) is 5.69 Å². The van der Waals surface area contributed by atoms with E-state index in [0.717, 1.165) is 65.2 Å². The van der Waals surface area contributed by atoms with Crippen LogP contribution in [0.25, 0.3) is 33.5 Å². The number of aromatic amines is 2. The molecule has 9 nitrogen and oxygen atoms in total. The number of imidazole rings is 1. The highest BCUT2D eigenvalue weighted by atomic mass is 19.1. The number of carbonyl (C=O) groups excluding carboxylic acids is 1. The maximum absolute atomic E-state index is 14.1. The van der Waals surface area contributed by atoms with Crippen molar-refractivity contribution in [3.63, 3.8) is 0 Å². The zero-order valence-corrected chi connectivity index (χ0v) is 20.3. The molecule has 1 fully saturated rings. The summed E-state index contributed by atoms with van der Waals surface area (Å²) in [6.07, 6.45) is 0.668. The molecule has 0 bridgehead atoms. The van der Waals surface area contributed by atoms with Crippen LogP contribution in [-0.2, 0) is 19.5 Å². The van der Waals surface area contributed by atoms with Gasteiger partial charge in [0.05, 0.1) is 30.0 Å². The van der Waals surface area contributed by atoms with Crippen molar-refractivity contribution in [3.05, 3.63) is 53.1 Å². The number of aryl methyl sites for hydroxylation is 1. The molecule has 6 rings (SSSR count). The maximum atomic E-state index is 14.1. The van der Waals surface area contributed by atoms with E-state index >= 15 is 0 Å². The minimum absolute atomic E-state index is 0.0610. The smallest absolute Gasteiger partial charge is 0.320 e. The number of benzene rings is 2. The van der Waals surface area contributed by atoms with Crippen LogP contribution >= 0.6 is 0 Å². The van der Waals surface area contributed by atoms with E-state index in [9.17, 15) is 14.3 Å². The van der Waals surface area contributed by atoms with Crippen LogP contribution in [0.15, 0.2) is 30.3 Å². The van der Waals surface area contributed by atoms with Gasteiger partial charge in [0.2, 0.25) is 0 Å². The monoisotopic (exact) mass is 489 g/mol. The lowest BCUT2D eigenvalue weighted by Crippen LogP contribution is -2.50. The van der Waals surface area contributed by atoms with Gasteiger partial charge in [0, 0.05) is 31.6 Å². The van der Waals surface area contributed by atoms with Gasteiger partial charge in [0.15, 0.2) is 17.4 Å². The van der Waals surface area contributed by atoms with Gasteiger partial charge in [-0.1, -0.05) is 13.0 Å². The minimum atomic E-state index is -0.641. The number of rotatable bonds is 3. The van der Waals surface area contributed by atoms with Crippen molar-refractivity contribution in [2.45, 2.75) is 26.4 Å². The molecule has 2 aromatic carbocycles. The topological polar surface area (TPSA) is 104 Å². The molecular weight excluding hydrogens is 461 g/mol. The molecule has 36 heavy (non-hydrogen) atoms. The summed E-state index contributed by atoms with van der Waals surface area (Å²) in [6.45, 7) is 6.23. The highest BCUT2D eigenvalue weighted by molar-refractivity contribution is 5.94. The number of hydrogen-bond donors (Lipinski definition) is 3. The van der Waals surface area contributed by atoms with Gasteiger partial charge in [-0.2, -0.15) is 5.10 Å². The minimum Gasteiger partial charge on any atom is -0.505 e. The molecule has 0 saturated carbocycles. The number of phenols is 1. The Morgan fingerprint density at radius 2 is 1.92 bits per heavy atom. The van der Waals surface area contributed by atoms with Gasteiger partial charge in [-0.05, 0) is 54.4 Å². The van der Waals surface area contributed by atoms with E-state index in [1.54, 1.807) is 0 Å². The molecule has 2 aromatic heterocycles. The number of urea groups is 1. The second-order valence-electron chi connectivity index (χ2n) is 9.59. The fraction of sp³-hybridized carbons (Fsp3) is 0.346. The SMILES string of the molecule is CCc1cc(O)c(F)cc1-c1ccc2c(-c3nc4c([nH]3)CN(C(=O)N3CCN(C)CC3)C4)n[nH]c2c1. The number of nitrogens with one attached hydrogen (secondary N) is 2. The number of hydrogen-bond acceptors (Lipinski definition) is 5. The van der Waals surface area contributed by atoms with Crippen molar-refractivity contribution in [1.82, 2.24) is 34.9 Å². The predicted octanol–water partition coefficient (Wildman–Crippen LogP) is 3.71. The molecule has 0 radical (unpaired) electrons. The summed E-state index contributed by atoms with van der Waals surface area (Å²) in [7, 11) is 2.07. The van der Waals surface area contributed by atoms with Crippen molar-refractivity contribution in [2.75, 3.05) is 33.2 Å². The van der Waals surface area contributed by atoms with E-state index in [2.05, 4.69) is 27.1 Å². The Kier molecular flexibility index (Phi) is 5.40. The van der Waals surface area contributed by atoms with Crippen LogP contribution in [0.5, 0.6) is 5.75 Å². The predicted molar refractivity (Wildman–Crippen MR) is 134 cm³/mol. The molecule has 2 aliphatic rings. The number of aromatic nitrogens is 4. The number of amides is 2. The van der Waals surface area contributed by atoms with E-state index in [1.807, 2.05) is 34.9 Å². The molecular formula is C26H28FN7O2. The molecule has 2 aliphatic heterocycles. The average molecular weight is 490 g/mol. The van der Waals surface area contributed by atoms with Crippen LogP contribution < -0.4 is 0 Å². The second kappa shape index (κ2) is 8.63. The van der Waals surface area contributed by atoms with Gasteiger partial charge in [-0.15, -0.1) is 0 Å². The molecule has 3 N–H and O–H groups in total. The standard InChI is InChI=1S/C26H28FN7O2/c1-3-15-11-23(35)19(27)12-18(15)16-4-5-17-20(10-16)30-31-24(17)25-28-21-13-34(14-22(21)29-25)26(36)33-8-6-32(2)7-9-33/h4-5,10-12,35H,3,6-9,13-14H2,1-2H3,(H,28,29)(H,30,31). The average Bonchev–Trinajstić information content (AvgIpc) is 3.58. The van der Waals surface area contributed by atoms with Crippen LogP contribution in [0, 0.1) is 5.82 Å². The third kappa shape index (κ3) is 3.78. The van der Waals surface area contributed by atoms with Crippen LogP contribution in [0.1, 0.15) is 23.9 Å². The Balaban J connectivity index is 1.24. The molecule has 0 spiro atoms. The summed E-state index contributed by atoms with van der Waals surface area (Å²) >= 11 is 0. The van der Waals surface area contributed by atoms with Gasteiger partial charge in [0.25, 0.3) is 0 Å². The van der Waals surface area contributed by atoms with Crippen LogP contribution in [0.4, 0.5) is 9.18 Å². The summed E-state index contributed by atoms with van der Waals surface area (Å²) in [5.74, 6) is -0.316. The first-order valence-corrected chi connectivity index (χ1v) is 12.2. The molecule has 0 unspecified atom stereocenters. The van der Waals surface area contributed by atoms with Crippen LogP contribution in [-0.4, -0.2) is 79.2 Å². The lowest BCUT2D eigenvalue weighted by molar-refractivity contribution is 0.121. The molecule has 0 atom stereocenters. The number of phenolic OH excluding ortho intramolecular Hbond substituents is 1. The van der Waals surface area contributed by atoms with E-state index in [1.165, 1.54) is 12.1 Å². The van der Waals surface area contributed by atoms with E-state index in [4.69, 9.17) is 4.98 Å². The number of aromatic hydroxyl groups is 1. The number of halogens is 1. The molecule has 186 valence electrons. The Bertz CT molecular complexity index is 1450. The van der Waals surface area contributed by atoms with E-state index < -0.39 is 5.82 Å². The highest BCUT2D eigenvalue weighted by Gasteiger charge is 2.31. The largest absolute Gasteiger partial charge is 0.505 e. The normalized spacial score (nSPS) is 16.2. The molecule has 10 heteroatoms. The zero-order valence-electron chi connectivity index (χ0n) is 20.3. The fourth-order valence-corrected chi connectivity index (χ4v) is 5.11. The summed E-state index contributed by atoms with van der Waals surface area (Å²) in [6, 6.07) is 8.73. The number of H-pyrrole nitrogens is 2. The summed E-state index contributed by atoms with van der Waals surface area (Å²) < 4.78 is 14.1. The Labute approximate surface area is 207 Å². The first kappa shape index (κ1) is 22.5. The number of nitrogens with zero attached hydrogens (tertiary/aromatic N) is 5. The third-order valence-electron chi connectivity index (χ3n) is 7.25. The quantitative estimate of drug-likeness (QED) is 0.407. The van der Waals surface area contributed by atoms with Crippen molar-refractivity contribution < 1.29 is 14.3 Å². The number of fused-ring (bicyclic) bond motifs is 2. The van der Waals surface area contributed by atoms with E-state index in [-0.39, 0.29) is 11.8 Å². The lowest BCUT2D eigenvalue weighted by Gasteiger charge is -2.34. The molecule has 4 aromatic rings. The Morgan fingerprint density at radius 1 is 1.11 bits per heavy atom. The summed E-state index contributed by atoms with van der Waals surface area (Å²) in [5, 5.41) is 18.2. The first-order valence-electron chi connectivity index (χ1n) is 12.2. The number of carbonyl (C=O) groups is 1. The van der Waals surface area contributed by atoms with Crippen LogP contribution in [0.2, 0.25) is 0 Å². The summed E-state index contributed by atoms with van der Waals surface area (Å²) in [5.41, 5.74) is 5.77. The molecule has 0 aliphatic carbocycles. The summed E-state index contributed by atoms with van der Waals surface area (Å²) in [4.78, 5) is 27.0. The Hall–Kier alpha value is -3.92. The van der Waals surface area contributed by atoms with Gasteiger partial charge < -0.3 is 24.8 Å². The van der Waals surface area contributed by atoms with Crippen molar-refractivity contribution in [1.29, 1.82) is 0 Å². The van der Waals surface area contributed by atoms with Gasteiger partial charge in [-0.25, -0.2) is 14.2 Å². The zero-order chi connectivity index (χ0) is 25.0. The van der Waals surface area contributed by atoms with E-state index in [0.29, 0.717) is 31.0 Å². The van der Waals surface area contributed by atoms with Crippen molar-refractivity contribution in [3.8, 4) is 28.4 Å². The van der Waals surface area contributed by atoms with Crippen molar-refractivity contribution >= 4 is 16.9 Å². The molecule has 2 amide bonds. The van der Waals surface area contributed by atoms with Gasteiger partial charge >= 0.3 is 6.03 Å². The molecule has 4 heterocycles. The highest BCUT2D eigenvalue weighted by Crippen LogP contribution is 2.34.